The van der Waals surface area contributed by atoms with Gasteiger partial charge < -0.3 is 14.8 Å². The van der Waals surface area contributed by atoms with E-state index in [0.29, 0.717) is 13.2 Å². The molecule has 1 N–H and O–H groups in total. The Balaban J connectivity index is 2.13. The second-order valence-corrected chi connectivity index (χ2v) is 4.90. The standard InChI is InChI=1S/C13H22BrN3O2/c1-3-12-16-11(14)10-13(17-12)15-6-4-5-7-19-9-8-18-2/h10H,3-9H2,1-2H3,(H,15,16,17). The van der Waals surface area contributed by atoms with Gasteiger partial charge in [0.25, 0.3) is 0 Å². The van der Waals surface area contributed by atoms with E-state index in [-0.39, 0.29) is 0 Å². The molecule has 1 rings (SSSR count). The van der Waals surface area contributed by atoms with Crippen LogP contribution in [0.25, 0.3) is 0 Å². The van der Waals surface area contributed by atoms with Gasteiger partial charge in [-0.25, -0.2) is 9.97 Å². The molecule has 1 heterocycles. The third-order valence-electron chi connectivity index (χ3n) is 2.51. The molecular weight excluding hydrogens is 310 g/mol. The molecule has 5 nitrogen and oxygen atoms in total. The lowest BCUT2D eigenvalue weighted by Gasteiger charge is -2.07. The monoisotopic (exact) mass is 331 g/mol. The van der Waals surface area contributed by atoms with Crippen molar-refractivity contribution in [3.8, 4) is 0 Å². The topological polar surface area (TPSA) is 56.3 Å². The maximum absolute atomic E-state index is 5.40. The zero-order chi connectivity index (χ0) is 13.9. The molecule has 0 aliphatic heterocycles. The van der Waals surface area contributed by atoms with Gasteiger partial charge in [0.05, 0.1) is 13.2 Å². The summed E-state index contributed by atoms with van der Waals surface area (Å²) in [6.07, 6.45) is 2.92. The van der Waals surface area contributed by atoms with E-state index in [1.54, 1.807) is 7.11 Å². The summed E-state index contributed by atoms with van der Waals surface area (Å²) < 4.78 is 11.1. The average molecular weight is 332 g/mol. The van der Waals surface area contributed by atoms with Gasteiger partial charge in [0, 0.05) is 32.7 Å². The lowest BCUT2D eigenvalue weighted by molar-refractivity contribution is 0.0691. The highest BCUT2D eigenvalue weighted by Crippen LogP contribution is 2.12. The van der Waals surface area contributed by atoms with Gasteiger partial charge in [-0.2, -0.15) is 0 Å². The molecule has 0 radical (unpaired) electrons. The molecule has 0 aliphatic carbocycles. The molecule has 1 aromatic rings. The predicted octanol–water partition coefficient (Wildman–Crippen LogP) is 2.66. The number of nitrogens with one attached hydrogen (secondary N) is 1. The maximum atomic E-state index is 5.40. The zero-order valence-electron chi connectivity index (χ0n) is 11.6. The number of aryl methyl sites for hydroxylation is 1. The van der Waals surface area contributed by atoms with Gasteiger partial charge in [0.2, 0.25) is 0 Å². The third kappa shape index (κ3) is 7.44. The van der Waals surface area contributed by atoms with Crippen LogP contribution in [-0.4, -0.2) is 43.4 Å². The first kappa shape index (κ1) is 16.3. The maximum Gasteiger partial charge on any atom is 0.131 e. The van der Waals surface area contributed by atoms with Crippen LogP contribution < -0.4 is 5.32 Å². The van der Waals surface area contributed by atoms with Crippen molar-refractivity contribution >= 4 is 21.7 Å². The van der Waals surface area contributed by atoms with Crippen LogP contribution in [0.1, 0.15) is 25.6 Å². The van der Waals surface area contributed by atoms with Gasteiger partial charge in [-0.05, 0) is 28.8 Å². The molecular formula is C13H22BrN3O2. The van der Waals surface area contributed by atoms with Crippen LogP contribution in [0.4, 0.5) is 5.82 Å². The number of nitrogens with zero attached hydrogens (tertiary/aromatic N) is 2. The minimum Gasteiger partial charge on any atom is -0.382 e. The summed E-state index contributed by atoms with van der Waals surface area (Å²) in [5, 5.41) is 3.30. The van der Waals surface area contributed by atoms with Gasteiger partial charge in [0.1, 0.15) is 16.2 Å². The Bertz CT molecular complexity index is 364. The highest BCUT2D eigenvalue weighted by Gasteiger charge is 2.00. The summed E-state index contributed by atoms with van der Waals surface area (Å²) in [6, 6.07) is 1.90. The molecule has 1 aromatic heterocycles. The number of ether oxygens (including phenoxy) is 2. The van der Waals surface area contributed by atoms with Crippen LogP contribution in [0, 0.1) is 0 Å². The molecule has 0 amide bonds. The summed E-state index contributed by atoms with van der Waals surface area (Å²) in [5.74, 6) is 1.72. The molecule has 0 saturated carbocycles. The van der Waals surface area contributed by atoms with Crippen LogP contribution >= 0.6 is 15.9 Å². The van der Waals surface area contributed by atoms with Crippen LogP contribution in [0.3, 0.4) is 0 Å². The Hall–Kier alpha value is -0.720. The highest BCUT2D eigenvalue weighted by atomic mass is 79.9. The van der Waals surface area contributed by atoms with Gasteiger partial charge in [-0.1, -0.05) is 6.92 Å². The van der Waals surface area contributed by atoms with Crippen molar-refractivity contribution in [2.45, 2.75) is 26.2 Å². The zero-order valence-corrected chi connectivity index (χ0v) is 13.2. The number of unbranched alkanes of at least 4 members (excludes halogenated alkanes) is 1. The van der Waals surface area contributed by atoms with Crippen LogP contribution in [-0.2, 0) is 15.9 Å². The molecule has 0 spiro atoms. The summed E-state index contributed by atoms with van der Waals surface area (Å²) in [6.45, 7) is 5.04. The van der Waals surface area contributed by atoms with E-state index < -0.39 is 0 Å². The predicted molar refractivity (Wildman–Crippen MR) is 79.5 cm³/mol. The fraction of sp³-hybridized carbons (Fsp3) is 0.692. The van der Waals surface area contributed by atoms with Crippen molar-refractivity contribution in [1.82, 2.24) is 9.97 Å². The van der Waals surface area contributed by atoms with Crippen LogP contribution in [0.2, 0.25) is 0 Å². The number of hydrogen-bond donors (Lipinski definition) is 1. The lowest BCUT2D eigenvalue weighted by Crippen LogP contribution is -2.08. The molecule has 0 aliphatic rings. The first-order chi connectivity index (χ1) is 9.26. The summed E-state index contributed by atoms with van der Waals surface area (Å²) >= 11 is 3.39. The molecule has 108 valence electrons. The smallest absolute Gasteiger partial charge is 0.131 e. The fourth-order valence-corrected chi connectivity index (χ4v) is 1.92. The highest BCUT2D eigenvalue weighted by molar-refractivity contribution is 9.10. The number of anilines is 1. The molecule has 6 heteroatoms. The Kier molecular flexibility index (Phi) is 8.69. The molecule has 0 aromatic carbocycles. The van der Waals surface area contributed by atoms with Gasteiger partial charge in [-0.3, -0.25) is 0 Å². The average Bonchev–Trinajstić information content (AvgIpc) is 2.41. The lowest BCUT2D eigenvalue weighted by atomic mass is 10.3. The van der Waals surface area contributed by atoms with E-state index in [2.05, 4.69) is 31.2 Å². The molecule has 0 fully saturated rings. The van der Waals surface area contributed by atoms with Gasteiger partial charge >= 0.3 is 0 Å². The summed E-state index contributed by atoms with van der Waals surface area (Å²) in [4.78, 5) is 8.68. The SMILES string of the molecule is CCc1nc(Br)cc(NCCCCOCCOC)n1. The second kappa shape index (κ2) is 10.1. The van der Waals surface area contributed by atoms with Crippen molar-refractivity contribution in [2.75, 3.05) is 38.8 Å². The number of hydrogen-bond acceptors (Lipinski definition) is 5. The Morgan fingerprint density at radius 2 is 2.05 bits per heavy atom. The van der Waals surface area contributed by atoms with Crippen molar-refractivity contribution in [3.63, 3.8) is 0 Å². The van der Waals surface area contributed by atoms with E-state index in [4.69, 9.17) is 9.47 Å². The van der Waals surface area contributed by atoms with E-state index in [0.717, 1.165) is 48.7 Å². The second-order valence-electron chi connectivity index (χ2n) is 4.08. The Morgan fingerprint density at radius 3 is 2.79 bits per heavy atom. The third-order valence-corrected chi connectivity index (χ3v) is 2.92. The summed E-state index contributed by atoms with van der Waals surface area (Å²) in [7, 11) is 1.68. The van der Waals surface area contributed by atoms with Gasteiger partial charge in [-0.15, -0.1) is 0 Å². The number of rotatable bonds is 10. The van der Waals surface area contributed by atoms with Crippen molar-refractivity contribution in [2.24, 2.45) is 0 Å². The minimum absolute atomic E-state index is 0.660. The van der Waals surface area contributed by atoms with Crippen molar-refractivity contribution in [1.29, 1.82) is 0 Å². The minimum atomic E-state index is 0.660. The molecule has 0 unspecified atom stereocenters. The number of aromatic nitrogens is 2. The molecule has 0 atom stereocenters. The van der Waals surface area contributed by atoms with E-state index in [9.17, 15) is 0 Å². The molecule has 0 bridgehead atoms. The normalized spacial score (nSPS) is 10.7. The van der Waals surface area contributed by atoms with E-state index >= 15 is 0 Å². The van der Waals surface area contributed by atoms with Crippen LogP contribution in [0.15, 0.2) is 10.7 Å². The van der Waals surface area contributed by atoms with Crippen LogP contribution in [0.5, 0.6) is 0 Å². The molecule has 19 heavy (non-hydrogen) atoms. The first-order valence-corrected chi connectivity index (χ1v) is 7.39. The fourth-order valence-electron chi connectivity index (χ4n) is 1.50. The van der Waals surface area contributed by atoms with E-state index in [1.807, 2.05) is 13.0 Å². The largest absolute Gasteiger partial charge is 0.382 e. The quantitative estimate of drug-likeness (QED) is 0.527. The first-order valence-electron chi connectivity index (χ1n) is 6.60. The summed E-state index contributed by atoms with van der Waals surface area (Å²) in [5.41, 5.74) is 0. The van der Waals surface area contributed by atoms with E-state index in [1.165, 1.54) is 0 Å². The number of halogens is 1. The van der Waals surface area contributed by atoms with Crippen molar-refractivity contribution in [3.05, 3.63) is 16.5 Å². The van der Waals surface area contributed by atoms with Gasteiger partial charge in [0.15, 0.2) is 0 Å². The number of methoxy groups -OCH3 is 1. The molecule has 0 saturated heterocycles. The van der Waals surface area contributed by atoms with Crippen molar-refractivity contribution < 1.29 is 9.47 Å². The Morgan fingerprint density at radius 1 is 1.21 bits per heavy atom. The Labute approximate surface area is 123 Å².